The zero-order chi connectivity index (χ0) is 16.1. The van der Waals surface area contributed by atoms with E-state index in [9.17, 15) is 4.79 Å². The van der Waals surface area contributed by atoms with Crippen LogP contribution in [0.4, 0.5) is 0 Å². The van der Waals surface area contributed by atoms with Crippen LogP contribution in [0.15, 0.2) is 41.1 Å². The van der Waals surface area contributed by atoms with Crippen LogP contribution in [-0.2, 0) is 11.3 Å². The number of hydrogen-bond donors (Lipinski definition) is 1. The fourth-order valence-corrected chi connectivity index (χ4v) is 2.82. The molecule has 0 aliphatic carbocycles. The van der Waals surface area contributed by atoms with Gasteiger partial charge in [-0.3, -0.25) is 9.88 Å². The highest BCUT2D eigenvalue weighted by atomic mass is 16.5. The van der Waals surface area contributed by atoms with Gasteiger partial charge in [-0.05, 0) is 36.8 Å². The first-order valence-corrected chi connectivity index (χ1v) is 7.88. The van der Waals surface area contributed by atoms with Crippen LogP contribution >= 0.6 is 0 Å². The highest BCUT2D eigenvalue weighted by Crippen LogP contribution is 2.24. The van der Waals surface area contributed by atoms with Crippen molar-refractivity contribution in [3.05, 3.63) is 53.7 Å². The molecule has 0 radical (unpaired) electrons. The molecule has 1 aliphatic heterocycles. The van der Waals surface area contributed by atoms with Crippen LogP contribution in [0, 0.1) is 0 Å². The molecule has 6 nitrogen and oxygen atoms in total. The van der Waals surface area contributed by atoms with Gasteiger partial charge in [-0.15, -0.1) is 0 Å². The Balaban J connectivity index is 1.71. The van der Waals surface area contributed by atoms with Crippen LogP contribution in [0.25, 0.3) is 0 Å². The lowest BCUT2D eigenvalue weighted by atomic mass is 10.0. The predicted octanol–water partition coefficient (Wildman–Crippen LogP) is 2.00. The number of furan rings is 1. The van der Waals surface area contributed by atoms with E-state index in [-0.39, 0.29) is 11.8 Å². The van der Waals surface area contributed by atoms with E-state index in [1.807, 2.05) is 30.6 Å². The molecule has 0 amide bonds. The molecule has 3 rings (SSSR count). The molecule has 0 aromatic carbocycles. The Bertz CT molecular complexity index is 642. The molecule has 0 spiro atoms. The standard InChI is InChI=1S/C17H21N3O3/c1-2-22-17(21)16-4-3-14(23-16)12-20-10-9-19-11-15(20)13-5-7-18-8-6-13/h3-8,15,19H,2,9-12H2,1H3. The first kappa shape index (κ1) is 15.7. The third-order valence-electron chi connectivity index (χ3n) is 3.94. The number of carbonyl (C=O) groups excluding carboxylic acids is 1. The highest BCUT2D eigenvalue weighted by Gasteiger charge is 2.25. The van der Waals surface area contributed by atoms with E-state index in [0.717, 1.165) is 25.4 Å². The van der Waals surface area contributed by atoms with Gasteiger partial charge in [0.25, 0.3) is 0 Å². The quantitative estimate of drug-likeness (QED) is 0.851. The Morgan fingerprint density at radius 3 is 3.00 bits per heavy atom. The number of nitrogens with zero attached hydrogens (tertiary/aromatic N) is 2. The van der Waals surface area contributed by atoms with Gasteiger partial charge in [0.05, 0.1) is 13.2 Å². The van der Waals surface area contributed by atoms with Gasteiger partial charge in [0.1, 0.15) is 5.76 Å². The fourth-order valence-electron chi connectivity index (χ4n) is 2.82. The number of rotatable bonds is 5. The summed E-state index contributed by atoms with van der Waals surface area (Å²) in [6, 6.07) is 7.87. The van der Waals surface area contributed by atoms with Gasteiger partial charge in [-0.2, -0.15) is 0 Å². The van der Waals surface area contributed by atoms with Crippen LogP contribution < -0.4 is 5.32 Å². The second-order valence-corrected chi connectivity index (χ2v) is 5.46. The molecule has 1 saturated heterocycles. The van der Waals surface area contributed by atoms with E-state index in [1.54, 1.807) is 13.0 Å². The summed E-state index contributed by atoms with van der Waals surface area (Å²) in [5.74, 6) is 0.621. The number of pyridine rings is 1. The van der Waals surface area contributed by atoms with E-state index < -0.39 is 5.97 Å². The topological polar surface area (TPSA) is 67.6 Å². The molecule has 1 fully saturated rings. The molecule has 2 aromatic heterocycles. The zero-order valence-electron chi connectivity index (χ0n) is 13.2. The number of aromatic nitrogens is 1. The van der Waals surface area contributed by atoms with Gasteiger partial charge in [0, 0.05) is 38.1 Å². The van der Waals surface area contributed by atoms with Crippen LogP contribution in [0.3, 0.4) is 0 Å². The van der Waals surface area contributed by atoms with E-state index in [0.29, 0.717) is 13.2 Å². The molecule has 3 heterocycles. The molecule has 122 valence electrons. The van der Waals surface area contributed by atoms with E-state index in [1.165, 1.54) is 5.56 Å². The minimum absolute atomic E-state index is 0.262. The van der Waals surface area contributed by atoms with Crippen molar-refractivity contribution in [3.63, 3.8) is 0 Å². The fraction of sp³-hybridized carbons (Fsp3) is 0.412. The Hall–Kier alpha value is -2.18. The van der Waals surface area contributed by atoms with Crippen LogP contribution in [0.5, 0.6) is 0 Å². The zero-order valence-corrected chi connectivity index (χ0v) is 13.2. The molecule has 1 aliphatic rings. The summed E-state index contributed by atoms with van der Waals surface area (Å²) in [6.07, 6.45) is 3.63. The van der Waals surface area contributed by atoms with E-state index in [4.69, 9.17) is 9.15 Å². The molecule has 1 unspecified atom stereocenters. The minimum atomic E-state index is -0.412. The maximum Gasteiger partial charge on any atom is 0.374 e. The normalized spacial score (nSPS) is 18.7. The van der Waals surface area contributed by atoms with Crippen LogP contribution in [0.1, 0.15) is 34.8 Å². The Morgan fingerprint density at radius 2 is 2.22 bits per heavy atom. The lowest BCUT2D eigenvalue weighted by molar-refractivity contribution is 0.0484. The monoisotopic (exact) mass is 315 g/mol. The summed E-state index contributed by atoms with van der Waals surface area (Å²) in [5, 5.41) is 3.42. The average molecular weight is 315 g/mol. The maximum atomic E-state index is 11.7. The Morgan fingerprint density at radius 1 is 1.39 bits per heavy atom. The molecular formula is C17H21N3O3. The number of carbonyl (C=O) groups is 1. The maximum absolute atomic E-state index is 11.7. The second-order valence-electron chi connectivity index (χ2n) is 5.46. The molecule has 2 aromatic rings. The SMILES string of the molecule is CCOC(=O)c1ccc(CN2CCNCC2c2ccncc2)o1. The van der Waals surface area contributed by atoms with Gasteiger partial charge in [0.2, 0.25) is 5.76 Å². The third kappa shape index (κ3) is 3.78. The van der Waals surface area contributed by atoms with Crippen molar-refractivity contribution in [2.75, 3.05) is 26.2 Å². The van der Waals surface area contributed by atoms with Crippen molar-refractivity contribution in [1.29, 1.82) is 0 Å². The lowest BCUT2D eigenvalue weighted by Gasteiger charge is -2.35. The summed E-state index contributed by atoms with van der Waals surface area (Å²) in [5.41, 5.74) is 1.23. The minimum Gasteiger partial charge on any atom is -0.460 e. The van der Waals surface area contributed by atoms with Crippen LogP contribution in [-0.4, -0.2) is 42.1 Å². The van der Waals surface area contributed by atoms with Gasteiger partial charge in [0.15, 0.2) is 0 Å². The largest absolute Gasteiger partial charge is 0.460 e. The van der Waals surface area contributed by atoms with Crippen molar-refractivity contribution >= 4 is 5.97 Å². The second kappa shape index (κ2) is 7.39. The molecule has 0 bridgehead atoms. The van der Waals surface area contributed by atoms with E-state index >= 15 is 0 Å². The summed E-state index contributed by atoms with van der Waals surface area (Å²) in [7, 11) is 0. The Labute approximate surface area is 135 Å². The molecular weight excluding hydrogens is 294 g/mol. The van der Waals surface area contributed by atoms with Gasteiger partial charge < -0.3 is 14.5 Å². The number of hydrogen-bond acceptors (Lipinski definition) is 6. The van der Waals surface area contributed by atoms with Gasteiger partial charge in [-0.25, -0.2) is 4.79 Å². The average Bonchev–Trinajstić information content (AvgIpc) is 3.05. The molecule has 23 heavy (non-hydrogen) atoms. The Kier molecular flexibility index (Phi) is 5.05. The number of esters is 1. The summed E-state index contributed by atoms with van der Waals surface area (Å²) in [4.78, 5) is 18.1. The molecule has 0 saturated carbocycles. The van der Waals surface area contributed by atoms with Crippen molar-refractivity contribution in [1.82, 2.24) is 15.2 Å². The first-order chi connectivity index (χ1) is 11.3. The van der Waals surface area contributed by atoms with Gasteiger partial charge in [-0.1, -0.05) is 0 Å². The van der Waals surface area contributed by atoms with Crippen molar-refractivity contribution in [2.45, 2.75) is 19.5 Å². The van der Waals surface area contributed by atoms with Gasteiger partial charge >= 0.3 is 5.97 Å². The lowest BCUT2D eigenvalue weighted by Crippen LogP contribution is -2.45. The van der Waals surface area contributed by atoms with Crippen molar-refractivity contribution in [2.24, 2.45) is 0 Å². The molecule has 6 heteroatoms. The predicted molar refractivity (Wildman–Crippen MR) is 84.9 cm³/mol. The summed E-state index contributed by atoms with van der Waals surface area (Å²) in [6.45, 7) is 5.53. The summed E-state index contributed by atoms with van der Waals surface area (Å²) < 4.78 is 10.6. The smallest absolute Gasteiger partial charge is 0.374 e. The van der Waals surface area contributed by atoms with Crippen molar-refractivity contribution in [3.8, 4) is 0 Å². The van der Waals surface area contributed by atoms with Crippen LogP contribution in [0.2, 0.25) is 0 Å². The highest BCUT2D eigenvalue weighted by molar-refractivity contribution is 5.86. The first-order valence-electron chi connectivity index (χ1n) is 7.88. The van der Waals surface area contributed by atoms with E-state index in [2.05, 4.69) is 15.2 Å². The molecule has 1 atom stereocenters. The summed E-state index contributed by atoms with van der Waals surface area (Å²) >= 11 is 0. The molecule has 1 N–H and O–H groups in total. The van der Waals surface area contributed by atoms with Crippen molar-refractivity contribution < 1.29 is 13.9 Å². The number of piperazine rings is 1. The number of ether oxygens (including phenoxy) is 1. The third-order valence-corrected chi connectivity index (χ3v) is 3.94. The number of nitrogens with one attached hydrogen (secondary N) is 1.